The number of hydrogen-bond acceptors (Lipinski definition) is 2. The number of benzene rings is 2. The fourth-order valence-electron chi connectivity index (χ4n) is 2.01. The van der Waals surface area contributed by atoms with E-state index in [1.165, 1.54) is 0 Å². The van der Waals surface area contributed by atoms with Crippen molar-refractivity contribution in [3.05, 3.63) is 71.8 Å². The highest BCUT2D eigenvalue weighted by atomic mass is 16.3. The molecule has 0 aliphatic rings. The van der Waals surface area contributed by atoms with E-state index < -0.39 is 0 Å². The Hall–Kier alpha value is -2.48. The van der Waals surface area contributed by atoms with Gasteiger partial charge in [0.15, 0.2) is 0 Å². The third-order valence-electron chi connectivity index (χ3n) is 3.28. The largest absolute Gasteiger partial charge is 0.507 e. The first-order chi connectivity index (χ1) is 10.2. The Bertz CT molecular complexity index is 642. The fourth-order valence-corrected chi connectivity index (χ4v) is 2.01. The normalized spacial score (nSPS) is 13.0. The molecule has 2 N–H and O–H groups in total. The lowest BCUT2D eigenvalue weighted by Crippen LogP contribution is -1.86. The minimum absolute atomic E-state index is 0.297. The highest BCUT2D eigenvalue weighted by Crippen LogP contribution is 2.20. The lowest BCUT2D eigenvalue weighted by molar-refractivity contribution is 0.473. The number of hydrogen-bond donors (Lipinski definition) is 2. The van der Waals surface area contributed by atoms with Crippen molar-refractivity contribution in [1.29, 1.82) is 0 Å². The highest BCUT2D eigenvalue weighted by molar-refractivity contribution is 5.57. The van der Waals surface area contributed by atoms with Gasteiger partial charge in [0, 0.05) is 11.1 Å². The van der Waals surface area contributed by atoms with Crippen molar-refractivity contribution >= 4 is 12.2 Å². The van der Waals surface area contributed by atoms with Crippen molar-refractivity contribution in [2.45, 2.75) is 13.3 Å². The van der Waals surface area contributed by atoms with E-state index in [1.54, 1.807) is 12.1 Å². The second kappa shape index (κ2) is 7.34. The van der Waals surface area contributed by atoms with E-state index in [2.05, 4.69) is 19.1 Å². The summed E-state index contributed by atoms with van der Waals surface area (Å²) in [6.07, 6.45) is 8.87. The Balaban J connectivity index is 1.92. The summed E-state index contributed by atoms with van der Waals surface area (Å²) in [5.74, 6) is 0.948. The van der Waals surface area contributed by atoms with Gasteiger partial charge in [-0.25, -0.2) is 0 Å². The summed E-state index contributed by atoms with van der Waals surface area (Å²) < 4.78 is 0. The van der Waals surface area contributed by atoms with E-state index in [-0.39, 0.29) is 0 Å². The third-order valence-corrected chi connectivity index (χ3v) is 3.28. The molecule has 108 valence electrons. The Morgan fingerprint density at radius 1 is 0.857 bits per heavy atom. The predicted octanol–water partition coefficient (Wildman–Crippen LogP) is 4.85. The highest BCUT2D eigenvalue weighted by Gasteiger charge is 1.98. The van der Waals surface area contributed by atoms with Gasteiger partial charge in [0.05, 0.1) is 0 Å². The van der Waals surface area contributed by atoms with E-state index >= 15 is 0 Å². The number of phenolic OH excluding ortho intramolecular Hbond substituents is 2. The molecule has 0 aliphatic carbocycles. The fraction of sp³-hybridized carbons (Fsp3) is 0.158. The van der Waals surface area contributed by atoms with Crippen molar-refractivity contribution < 1.29 is 10.2 Å². The van der Waals surface area contributed by atoms with Crippen LogP contribution in [-0.2, 0) is 0 Å². The van der Waals surface area contributed by atoms with Crippen molar-refractivity contribution in [3.63, 3.8) is 0 Å². The van der Waals surface area contributed by atoms with Gasteiger partial charge in [-0.05, 0) is 24.5 Å². The molecule has 2 aromatic rings. The van der Waals surface area contributed by atoms with Gasteiger partial charge in [-0.3, -0.25) is 0 Å². The van der Waals surface area contributed by atoms with E-state index in [0.29, 0.717) is 17.4 Å². The first-order valence-corrected chi connectivity index (χ1v) is 7.07. The minimum atomic E-state index is 0.297. The van der Waals surface area contributed by atoms with Crippen LogP contribution < -0.4 is 0 Å². The summed E-state index contributed by atoms with van der Waals surface area (Å²) in [5.41, 5.74) is 1.66. The summed E-state index contributed by atoms with van der Waals surface area (Å²) >= 11 is 0. The van der Waals surface area contributed by atoms with E-state index in [1.807, 2.05) is 48.6 Å². The molecule has 1 atom stereocenters. The second-order valence-electron chi connectivity index (χ2n) is 5.09. The van der Waals surface area contributed by atoms with Crippen molar-refractivity contribution in [3.8, 4) is 11.5 Å². The Labute approximate surface area is 125 Å². The summed E-state index contributed by atoms with van der Waals surface area (Å²) in [6.45, 7) is 2.12. The molecule has 0 heterocycles. The SMILES string of the molecule is C[C@H](/C=C/c1ccccc1O)C/C=C/c1ccccc1O. The van der Waals surface area contributed by atoms with Gasteiger partial charge in [-0.15, -0.1) is 0 Å². The van der Waals surface area contributed by atoms with Crippen LogP contribution in [0.2, 0.25) is 0 Å². The first kappa shape index (κ1) is 14.9. The molecule has 0 fully saturated rings. The molecule has 0 amide bonds. The molecule has 2 heteroatoms. The number of para-hydroxylation sites is 2. The monoisotopic (exact) mass is 280 g/mol. The van der Waals surface area contributed by atoms with Gasteiger partial charge in [0.1, 0.15) is 11.5 Å². The van der Waals surface area contributed by atoms with Gasteiger partial charge in [-0.2, -0.15) is 0 Å². The molecule has 0 aliphatic heterocycles. The molecule has 0 bridgehead atoms. The van der Waals surface area contributed by atoms with E-state index in [4.69, 9.17) is 0 Å². The summed E-state index contributed by atoms with van der Waals surface area (Å²) in [4.78, 5) is 0. The van der Waals surface area contributed by atoms with E-state index in [0.717, 1.165) is 17.5 Å². The molecule has 2 aromatic carbocycles. The van der Waals surface area contributed by atoms with Crippen molar-refractivity contribution in [1.82, 2.24) is 0 Å². The van der Waals surface area contributed by atoms with Crippen LogP contribution in [0, 0.1) is 5.92 Å². The number of aromatic hydroxyl groups is 2. The van der Waals surface area contributed by atoms with Crippen LogP contribution in [-0.4, -0.2) is 10.2 Å². The first-order valence-electron chi connectivity index (χ1n) is 7.07. The van der Waals surface area contributed by atoms with Crippen molar-refractivity contribution in [2.24, 2.45) is 5.92 Å². The van der Waals surface area contributed by atoms with Crippen LogP contribution in [0.3, 0.4) is 0 Å². The van der Waals surface area contributed by atoms with Crippen LogP contribution in [0.1, 0.15) is 24.5 Å². The predicted molar refractivity (Wildman–Crippen MR) is 88.1 cm³/mol. The summed E-state index contributed by atoms with van der Waals surface area (Å²) in [5, 5.41) is 19.4. The van der Waals surface area contributed by atoms with Gasteiger partial charge in [-0.1, -0.05) is 67.6 Å². The van der Waals surface area contributed by atoms with Crippen LogP contribution in [0.4, 0.5) is 0 Å². The van der Waals surface area contributed by atoms with Gasteiger partial charge in [0.2, 0.25) is 0 Å². The zero-order chi connectivity index (χ0) is 15.1. The van der Waals surface area contributed by atoms with Crippen LogP contribution >= 0.6 is 0 Å². The minimum Gasteiger partial charge on any atom is -0.507 e. The maximum absolute atomic E-state index is 9.69. The summed E-state index contributed by atoms with van der Waals surface area (Å²) in [7, 11) is 0. The molecule has 0 saturated carbocycles. The molecular formula is C19H20O2. The van der Waals surface area contributed by atoms with Gasteiger partial charge >= 0.3 is 0 Å². The van der Waals surface area contributed by atoms with Gasteiger partial charge in [0.25, 0.3) is 0 Å². The average molecular weight is 280 g/mol. The zero-order valence-electron chi connectivity index (χ0n) is 12.1. The van der Waals surface area contributed by atoms with Crippen molar-refractivity contribution in [2.75, 3.05) is 0 Å². The lowest BCUT2D eigenvalue weighted by atomic mass is 10.0. The molecule has 2 rings (SSSR count). The quantitative estimate of drug-likeness (QED) is 0.821. The maximum Gasteiger partial charge on any atom is 0.122 e. The molecule has 0 aromatic heterocycles. The Kier molecular flexibility index (Phi) is 5.22. The summed E-state index contributed by atoms with van der Waals surface area (Å²) in [6, 6.07) is 14.6. The average Bonchev–Trinajstić information content (AvgIpc) is 2.48. The molecule has 0 unspecified atom stereocenters. The number of allylic oxidation sites excluding steroid dienone is 2. The van der Waals surface area contributed by atoms with Crippen LogP contribution in [0.5, 0.6) is 11.5 Å². The second-order valence-corrected chi connectivity index (χ2v) is 5.09. The number of phenols is 2. The molecule has 0 spiro atoms. The Morgan fingerprint density at radius 3 is 1.95 bits per heavy atom. The zero-order valence-corrected chi connectivity index (χ0v) is 12.1. The smallest absolute Gasteiger partial charge is 0.122 e. The maximum atomic E-state index is 9.69. The molecule has 21 heavy (non-hydrogen) atoms. The molecule has 0 radical (unpaired) electrons. The van der Waals surface area contributed by atoms with Crippen LogP contribution in [0.15, 0.2) is 60.7 Å². The third kappa shape index (κ3) is 4.53. The molecular weight excluding hydrogens is 260 g/mol. The topological polar surface area (TPSA) is 40.5 Å². The standard InChI is InChI=1S/C19H20O2/c1-15(13-14-17-9-3-5-12-19(17)21)7-6-10-16-8-2-4-11-18(16)20/h2-6,8-15,20-21H,7H2,1H3/b10-6+,14-13+/t15-/m0/s1. The van der Waals surface area contributed by atoms with Gasteiger partial charge < -0.3 is 10.2 Å². The van der Waals surface area contributed by atoms with Crippen LogP contribution in [0.25, 0.3) is 12.2 Å². The van der Waals surface area contributed by atoms with E-state index in [9.17, 15) is 10.2 Å². The Morgan fingerprint density at radius 2 is 1.38 bits per heavy atom. The molecule has 0 saturated heterocycles. The molecule has 2 nitrogen and oxygen atoms in total. The lowest BCUT2D eigenvalue weighted by Gasteiger charge is -2.03. The number of rotatable bonds is 5.